The van der Waals surface area contributed by atoms with Gasteiger partial charge in [-0.15, -0.1) is 0 Å². The highest BCUT2D eigenvalue weighted by molar-refractivity contribution is 6.35. The molecule has 0 N–H and O–H groups in total. The van der Waals surface area contributed by atoms with E-state index in [1.54, 1.807) is 19.2 Å². The smallest absolute Gasteiger partial charge is 0.307 e. The summed E-state index contributed by atoms with van der Waals surface area (Å²) in [4.78, 5) is 24.4. The SMILES string of the molecule is COC(=O)CCN(C)C(=O)c1cc(Cl)ccc1Cl. The lowest BCUT2D eigenvalue weighted by atomic mass is 10.2. The van der Waals surface area contributed by atoms with Crippen LogP contribution in [0.4, 0.5) is 0 Å². The number of carbonyl (C=O) groups is 2. The molecule has 0 spiro atoms. The zero-order valence-corrected chi connectivity index (χ0v) is 11.6. The van der Waals surface area contributed by atoms with Crippen LogP contribution in [-0.4, -0.2) is 37.5 Å². The average molecular weight is 290 g/mol. The lowest BCUT2D eigenvalue weighted by Gasteiger charge is -2.17. The fraction of sp³-hybridized carbons (Fsp3) is 0.333. The Morgan fingerprint density at radius 2 is 2.00 bits per heavy atom. The Bertz CT molecular complexity index is 463. The standard InChI is InChI=1S/C12H13Cl2NO3/c1-15(6-5-11(16)18-2)12(17)9-7-8(13)3-4-10(9)14/h3-4,7H,5-6H2,1-2H3. The second-order valence-corrected chi connectivity index (χ2v) is 4.52. The number of hydrogen-bond acceptors (Lipinski definition) is 3. The van der Waals surface area contributed by atoms with E-state index in [-0.39, 0.29) is 24.8 Å². The van der Waals surface area contributed by atoms with Crippen LogP contribution in [-0.2, 0) is 9.53 Å². The third kappa shape index (κ3) is 3.89. The highest BCUT2D eigenvalue weighted by Gasteiger charge is 2.16. The van der Waals surface area contributed by atoms with Gasteiger partial charge in [-0.1, -0.05) is 23.2 Å². The summed E-state index contributed by atoms with van der Waals surface area (Å²) < 4.78 is 4.50. The van der Waals surface area contributed by atoms with E-state index < -0.39 is 0 Å². The molecule has 0 aliphatic carbocycles. The molecule has 0 bridgehead atoms. The molecule has 0 aromatic heterocycles. The third-order valence-electron chi connectivity index (χ3n) is 2.38. The van der Waals surface area contributed by atoms with Crippen molar-refractivity contribution in [3.63, 3.8) is 0 Å². The minimum Gasteiger partial charge on any atom is -0.469 e. The predicted molar refractivity (Wildman–Crippen MR) is 70.1 cm³/mol. The molecular formula is C12H13Cl2NO3. The monoisotopic (exact) mass is 289 g/mol. The van der Waals surface area contributed by atoms with Gasteiger partial charge in [-0.2, -0.15) is 0 Å². The number of benzene rings is 1. The first-order valence-electron chi connectivity index (χ1n) is 5.23. The Balaban J connectivity index is 2.74. The summed E-state index contributed by atoms with van der Waals surface area (Å²) in [6.07, 6.45) is 0.136. The number of nitrogens with zero attached hydrogens (tertiary/aromatic N) is 1. The van der Waals surface area contributed by atoms with Gasteiger partial charge in [0.25, 0.3) is 5.91 Å². The normalized spacial score (nSPS) is 10.0. The van der Waals surface area contributed by atoms with Crippen LogP contribution in [0.25, 0.3) is 0 Å². The predicted octanol–water partition coefficient (Wildman–Crippen LogP) is 2.63. The summed E-state index contributed by atoms with van der Waals surface area (Å²) >= 11 is 11.7. The van der Waals surface area contributed by atoms with Crippen LogP contribution in [0.5, 0.6) is 0 Å². The van der Waals surface area contributed by atoms with Crippen molar-refractivity contribution in [3.05, 3.63) is 33.8 Å². The van der Waals surface area contributed by atoms with Crippen LogP contribution in [0.15, 0.2) is 18.2 Å². The Morgan fingerprint density at radius 3 is 2.61 bits per heavy atom. The molecule has 1 aromatic carbocycles. The molecule has 1 rings (SSSR count). The maximum atomic E-state index is 12.0. The lowest BCUT2D eigenvalue weighted by molar-refractivity contribution is -0.140. The van der Waals surface area contributed by atoms with Crippen molar-refractivity contribution in [3.8, 4) is 0 Å². The molecule has 0 aliphatic rings. The molecule has 0 unspecified atom stereocenters. The minimum atomic E-state index is -0.369. The largest absolute Gasteiger partial charge is 0.469 e. The van der Waals surface area contributed by atoms with Gasteiger partial charge in [0.1, 0.15) is 0 Å². The number of hydrogen-bond donors (Lipinski definition) is 0. The van der Waals surface area contributed by atoms with Gasteiger partial charge in [-0.3, -0.25) is 9.59 Å². The molecule has 1 aromatic rings. The van der Waals surface area contributed by atoms with Gasteiger partial charge < -0.3 is 9.64 Å². The van der Waals surface area contributed by atoms with E-state index >= 15 is 0 Å². The van der Waals surface area contributed by atoms with E-state index in [9.17, 15) is 9.59 Å². The summed E-state index contributed by atoms with van der Waals surface area (Å²) in [7, 11) is 2.89. The maximum Gasteiger partial charge on any atom is 0.307 e. The van der Waals surface area contributed by atoms with Crippen LogP contribution in [0, 0.1) is 0 Å². The zero-order chi connectivity index (χ0) is 13.7. The van der Waals surface area contributed by atoms with Crippen molar-refractivity contribution in [2.75, 3.05) is 20.7 Å². The van der Waals surface area contributed by atoms with E-state index in [0.29, 0.717) is 15.6 Å². The number of halogens is 2. The Labute approximate surface area is 115 Å². The van der Waals surface area contributed by atoms with E-state index in [4.69, 9.17) is 23.2 Å². The van der Waals surface area contributed by atoms with Crippen LogP contribution < -0.4 is 0 Å². The molecule has 0 aliphatic heterocycles. The number of ether oxygens (including phenoxy) is 1. The molecule has 0 saturated heterocycles. The first kappa shape index (κ1) is 14.8. The lowest BCUT2D eigenvalue weighted by Crippen LogP contribution is -2.29. The molecule has 98 valence electrons. The van der Waals surface area contributed by atoms with Gasteiger partial charge in [0.15, 0.2) is 0 Å². The molecule has 6 heteroatoms. The Hall–Kier alpha value is -1.26. The maximum absolute atomic E-state index is 12.0. The third-order valence-corrected chi connectivity index (χ3v) is 2.95. The number of amides is 1. The number of carbonyl (C=O) groups excluding carboxylic acids is 2. The fourth-order valence-corrected chi connectivity index (χ4v) is 1.70. The van der Waals surface area contributed by atoms with Crippen molar-refractivity contribution in [1.29, 1.82) is 0 Å². The molecule has 0 atom stereocenters. The molecule has 18 heavy (non-hydrogen) atoms. The van der Waals surface area contributed by atoms with Gasteiger partial charge >= 0.3 is 5.97 Å². The Kier molecular flexibility index (Phi) is 5.44. The van der Waals surface area contributed by atoms with E-state index in [2.05, 4.69) is 4.74 Å². The molecule has 0 heterocycles. The van der Waals surface area contributed by atoms with Gasteiger partial charge in [-0.25, -0.2) is 0 Å². The van der Waals surface area contributed by atoms with Crippen molar-refractivity contribution in [2.45, 2.75) is 6.42 Å². The summed E-state index contributed by atoms with van der Waals surface area (Å²) in [5, 5.41) is 0.762. The highest BCUT2D eigenvalue weighted by atomic mass is 35.5. The highest BCUT2D eigenvalue weighted by Crippen LogP contribution is 2.21. The molecule has 1 amide bonds. The second-order valence-electron chi connectivity index (χ2n) is 3.68. The first-order chi connectivity index (χ1) is 8.45. The van der Waals surface area contributed by atoms with E-state index in [1.165, 1.54) is 18.1 Å². The average Bonchev–Trinajstić information content (AvgIpc) is 2.37. The van der Waals surface area contributed by atoms with Crippen LogP contribution >= 0.6 is 23.2 Å². The fourth-order valence-electron chi connectivity index (χ4n) is 1.33. The van der Waals surface area contributed by atoms with Crippen molar-refractivity contribution in [1.82, 2.24) is 4.90 Å². The van der Waals surface area contributed by atoms with Crippen LogP contribution in [0.1, 0.15) is 16.8 Å². The topological polar surface area (TPSA) is 46.6 Å². The van der Waals surface area contributed by atoms with E-state index in [0.717, 1.165) is 0 Å². The molecule has 0 saturated carbocycles. The number of methoxy groups -OCH3 is 1. The van der Waals surface area contributed by atoms with Gasteiger partial charge in [0.2, 0.25) is 0 Å². The Morgan fingerprint density at radius 1 is 1.33 bits per heavy atom. The molecule has 4 nitrogen and oxygen atoms in total. The number of rotatable bonds is 4. The summed E-state index contributed by atoms with van der Waals surface area (Å²) in [6, 6.07) is 4.67. The van der Waals surface area contributed by atoms with Crippen LogP contribution in [0.2, 0.25) is 10.0 Å². The van der Waals surface area contributed by atoms with Crippen LogP contribution in [0.3, 0.4) is 0 Å². The summed E-state index contributed by atoms with van der Waals surface area (Å²) in [5.74, 6) is -0.654. The quantitative estimate of drug-likeness (QED) is 0.801. The number of esters is 1. The zero-order valence-electron chi connectivity index (χ0n) is 10.1. The molecule has 0 fully saturated rings. The summed E-state index contributed by atoms with van der Waals surface area (Å²) in [5.41, 5.74) is 0.316. The van der Waals surface area contributed by atoms with Gasteiger partial charge in [0.05, 0.1) is 24.1 Å². The summed E-state index contributed by atoms with van der Waals surface area (Å²) in [6.45, 7) is 0.258. The van der Waals surface area contributed by atoms with Gasteiger partial charge in [0, 0.05) is 18.6 Å². The van der Waals surface area contributed by atoms with Crippen molar-refractivity contribution in [2.24, 2.45) is 0 Å². The first-order valence-corrected chi connectivity index (χ1v) is 5.98. The molecule has 0 radical (unpaired) electrons. The van der Waals surface area contributed by atoms with Crippen molar-refractivity contribution < 1.29 is 14.3 Å². The van der Waals surface area contributed by atoms with E-state index in [1.807, 2.05) is 0 Å². The molecular weight excluding hydrogens is 277 g/mol. The van der Waals surface area contributed by atoms with Gasteiger partial charge in [-0.05, 0) is 18.2 Å². The minimum absolute atomic E-state index is 0.136. The second kappa shape index (κ2) is 6.61. The van der Waals surface area contributed by atoms with Crippen molar-refractivity contribution >= 4 is 35.1 Å².